The van der Waals surface area contributed by atoms with Gasteiger partial charge in [0.2, 0.25) is 0 Å². The molecular weight excluding hydrogens is 182 g/mol. The van der Waals surface area contributed by atoms with Crippen molar-refractivity contribution in [3.8, 4) is 0 Å². The second-order valence-electron chi connectivity index (χ2n) is 4.57. The number of rotatable bonds is 3. The fourth-order valence-corrected chi connectivity index (χ4v) is 2.38. The molecule has 0 bridgehead atoms. The molecule has 0 amide bonds. The predicted molar refractivity (Wildman–Crippen MR) is 65.2 cm³/mol. The van der Waals surface area contributed by atoms with Crippen LogP contribution in [-0.4, -0.2) is 13.1 Å². The summed E-state index contributed by atoms with van der Waals surface area (Å²) in [6.07, 6.45) is 3.55. The van der Waals surface area contributed by atoms with Gasteiger partial charge in [-0.05, 0) is 38.4 Å². The van der Waals surface area contributed by atoms with E-state index in [9.17, 15) is 0 Å². The van der Waals surface area contributed by atoms with Gasteiger partial charge in [0.15, 0.2) is 0 Å². The molecule has 0 fully saturated rings. The SMILES string of the molecule is CNC(C=C(C)C)C1Cc2ccccc21. The van der Waals surface area contributed by atoms with Gasteiger partial charge < -0.3 is 5.32 Å². The first kappa shape index (κ1) is 10.4. The van der Waals surface area contributed by atoms with Crippen LogP contribution in [0.1, 0.15) is 30.9 Å². The van der Waals surface area contributed by atoms with Crippen LogP contribution in [0.5, 0.6) is 0 Å². The third-order valence-corrected chi connectivity index (χ3v) is 3.17. The number of allylic oxidation sites excluding steroid dienone is 1. The Labute approximate surface area is 92.2 Å². The monoisotopic (exact) mass is 201 g/mol. The van der Waals surface area contributed by atoms with Crippen LogP contribution in [0.25, 0.3) is 0 Å². The van der Waals surface area contributed by atoms with Gasteiger partial charge in [-0.3, -0.25) is 0 Å². The van der Waals surface area contributed by atoms with Crippen molar-refractivity contribution in [3.05, 3.63) is 47.0 Å². The summed E-state index contributed by atoms with van der Waals surface area (Å²) in [5.74, 6) is 0.668. The van der Waals surface area contributed by atoms with Crippen molar-refractivity contribution >= 4 is 0 Å². The van der Waals surface area contributed by atoms with Crippen molar-refractivity contribution in [2.75, 3.05) is 7.05 Å². The summed E-state index contributed by atoms with van der Waals surface area (Å²) in [5, 5.41) is 3.40. The number of benzene rings is 1. The van der Waals surface area contributed by atoms with Crippen molar-refractivity contribution < 1.29 is 0 Å². The van der Waals surface area contributed by atoms with E-state index in [1.165, 1.54) is 23.1 Å². The molecule has 80 valence electrons. The van der Waals surface area contributed by atoms with Gasteiger partial charge in [0, 0.05) is 12.0 Å². The molecule has 2 unspecified atom stereocenters. The van der Waals surface area contributed by atoms with E-state index in [4.69, 9.17) is 0 Å². The van der Waals surface area contributed by atoms with Crippen LogP contribution < -0.4 is 5.32 Å². The molecule has 2 rings (SSSR count). The highest BCUT2D eigenvalue weighted by Crippen LogP contribution is 2.37. The number of likely N-dealkylation sites (N-methyl/N-ethyl adjacent to an activating group) is 1. The summed E-state index contributed by atoms with van der Waals surface area (Å²) >= 11 is 0. The lowest BCUT2D eigenvalue weighted by atomic mass is 9.73. The minimum atomic E-state index is 0.491. The van der Waals surface area contributed by atoms with Crippen LogP contribution in [0.4, 0.5) is 0 Å². The molecule has 1 nitrogen and oxygen atoms in total. The van der Waals surface area contributed by atoms with E-state index in [1.807, 2.05) is 7.05 Å². The van der Waals surface area contributed by atoms with E-state index < -0.39 is 0 Å². The molecule has 0 radical (unpaired) electrons. The predicted octanol–water partition coefficient (Wildman–Crippen LogP) is 2.88. The molecule has 1 heteroatoms. The van der Waals surface area contributed by atoms with Gasteiger partial charge in [0.1, 0.15) is 0 Å². The first-order valence-electron chi connectivity index (χ1n) is 5.62. The van der Waals surface area contributed by atoms with E-state index >= 15 is 0 Å². The summed E-state index contributed by atoms with van der Waals surface area (Å²) < 4.78 is 0. The van der Waals surface area contributed by atoms with E-state index in [-0.39, 0.29) is 0 Å². The summed E-state index contributed by atoms with van der Waals surface area (Å²) in [5.41, 5.74) is 4.43. The van der Waals surface area contributed by atoms with E-state index in [0.29, 0.717) is 12.0 Å². The summed E-state index contributed by atoms with van der Waals surface area (Å²) in [4.78, 5) is 0. The molecule has 0 spiro atoms. The van der Waals surface area contributed by atoms with Crippen molar-refractivity contribution in [3.63, 3.8) is 0 Å². The molecule has 1 aromatic carbocycles. The maximum absolute atomic E-state index is 3.40. The quantitative estimate of drug-likeness (QED) is 0.741. The van der Waals surface area contributed by atoms with Gasteiger partial charge in [-0.15, -0.1) is 0 Å². The fraction of sp³-hybridized carbons (Fsp3) is 0.429. The Morgan fingerprint density at radius 2 is 2.13 bits per heavy atom. The van der Waals surface area contributed by atoms with Gasteiger partial charge in [-0.2, -0.15) is 0 Å². The molecule has 1 aromatic rings. The van der Waals surface area contributed by atoms with Crippen LogP contribution in [-0.2, 0) is 6.42 Å². The van der Waals surface area contributed by atoms with Crippen LogP contribution in [0.2, 0.25) is 0 Å². The molecule has 0 aliphatic heterocycles. The van der Waals surface area contributed by atoms with Crippen molar-refractivity contribution in [1.29, 1.82) is 0 Å². The number of hydrogen-bond donors (Lipinski definition) is 1. The zero-order valence-electron chi connectivity index (χ0n) is 9.75. The first-order valence-corrected chi connectivity index (χ1v) is 5.62. The minimum Gasteiger partial charge on any atom is -0.313 e. The molecule has 1 N–H and O–H groups in total. The van der Waals surface area contributed by atoms with Gasteiger partial charge in [-0.1, -0.05) is 35.9 Å². The van der Waals surface area contributed by atoms with Crippen molar-refractivity contribution in [2.24, 2.45) is 0 Å². The van der Waals surface area contributed by atoms with E-state index in [0.717, 1.165) is 0 Å². The molecule has 1 aliphatic carbocycles. The van der Waals surface area contributed by atoms with Crippen LogP contribution >= 0.6 is 0 Å². The average molecular weight is 201 g/mol. The van der Waals surface area contributed by atoms with Gasteiger partial charge in [-0.25, -0.2) is 0 Å². The Balaban J connectivity index is 2.18. The van der Waals surface area contributed by atoms with Crippen LogP contribution in [0.15, 0.2) is 35.9 Å². The lowest BCUT2D eigenvalue weighted by molar-refractivity contribution is 0.487. The highest BCUT2D eigenvalue weighted by atomic mass is 14.9. The summed E-state index contributed by atoms with van der Waals surface area (Å²) in [7, 11) is 2.05. The zero-order valence-corrected chi connectivity index (χ0v) is 9.75. The van der Waals surface area contributed by atoms with Gasteiger partial charge >= 0.3 is 0 Å². The average Bonchev–Trinajstić information content (AvgIpc) is 2.17. The third-order valence-electron chi connectivity index (χ3n) is 3.17. The Kier molecular flexibility index (Phi) is 2.92. The minimum absolute atomic E-state index is 0.491. The Morgan fingerprint density at radius 1 is 1.40 bits per heavy atom. The van der Waals surface area contributed by atoms with Crippen molar-refractivity contribution in [2.45, 2.75) is 32.2 Å². The second-order valence-corrected chi connectivity index (χ2v) is 4.57. The summed E-state index contributed by atoms with van der Waals surface area (Å²) in [6, 6.07) is 9.25. The number of fused-ring (bicyclic) bond motifs is 1. The molecule has 0 heterocycles. The first-order chi connectivity index (χ1) is 7.22. The molecular formula is C14H19N. The Bertz CT molecular complexity index is 375. The summed E-state index contributed by atoms with van der Waals surface area (Å²) in [6.45, 7) is 4.32. The van der Waals surface area contributed by atoms with E-state index in [1.54, 1.807) is 0 Å². The largest absolute Gasteiger partial charge is 0.313 e. The maximum atomic E-state index is 3.40. The topological polar surface area (TPSA) is 12.0 Å². The lowest BCUT2D eigenvalue weighted by Crippen LogP contribution is -2.36. The Hall–Kier alpha value is -1.08. The van der Waals surface area contributed by atoms with E-state index in [2.05, 4.69) is 49.5 Å². The molecule has 15 heavy (non-hydrogen) atoms. The molecule has 0 saturated carbocycles. The number of hydrogen-bond acceptors (Lipinski definition) is 1. The van der Waals surface area contributed by atoms with Crippen LogP contribution in [0, 0.1) is 0 Å². The van der Waals surface area contributed by atoms with Crippen LogP contribution in [0.3, 0.4) is 0 Å². The fourth-order valence-electron chi connectivity index (χ4n) is 2.38. The van der Waals surface area contributed by atoms with Crippen molar-refractivity contribution in [1.82, 2.24) is 5.32 Å². The highest BCUT2D eigenvalue weighted by Gasteiger charge is 2.30. The third kappa shape index (κ3) is 1.98. The van der Waals surface area contributed by atoms with Gasteiger partial charge in [0.25, 0.3) is 0 Å². The molecule has 0 aromatic heterocycles. The molecule has 0 saturated heterocycles. The normalized spacial score (nSPS) is 20.1. The standard InChI is InChI=1S/C14H19N/c1-10(2)8-14(15-3)13-9-11-6-4-5-7-12(11)13/h4-8,13-15H,9H2,1-3H3. The smallest absolute Gasteiger partial charge is 0.0322 e. The maximum Gasteiger partial charge on any atom is 0.0322 e. The zero-order chi connectivity index (χ0) is 10.8. The highest BCUT2D eigenvalue weighted by molar-refractivity contribution is 5.42. The van der Waals surface area contributed by atoms with Gasteiger partial charge in [0.05, 0.1) is 0 Å². The molecule has 1 aliphatic rings. The molecule has 2 atom stereocenters. The Morgan fingerprint density at radius 3 is 2.73 bits per heavy atom. The number of nitrogens with one attached hydrogen (secondary N) is 1. The lowest BCUT2D eigenvalue weighted by Gasteiger charge is -2.35. The second kappa shape index (κ2) is 4.19.